The Labute approximate surface area is 121 Å². The maximum atomic E-state index is 12.4. The van der Waals surface area contributed by atoms with Crippen molar-refractivity contribution < 1.29 is 13.5 Å². The molecule has 0 bridgehead atoms. The summed E-state index contributed by atoms with van der Waals surface area (Å²) in [5.41, 5.74) is 1.49. The smallest absolute Gasteiger partial charge is 0.218 e. The summed E-state index contributed by atoms with van der Waals surface area (Å²) in [4.78, 5) is 0. The lowest BCUT2D eigenvalue weighted by Crippen LogP contribution is -2.30. The molecule has 1 saturated heterocycles. The number of aliphatic hydroxyl groups excluding tert-OH is 1. The van der Waals surface area contributed by atoms with Crippen LogP contribution in [0.25, 0.3) is 0 Å². The predicted octanol–water partition coefficient (Wildman–Crippen LogP) is 1.99. The molecule has 1 aliphatic heterocycles. The van der Waals surface area contributed by atoms with Crippen LogP contribution in [-0.2, 0) is 22.4 Å². The molecule has 1 unspecified atom stereocenters. The topological polar surface area (TPSA) is 57.6 Å². The van der Waals surface area contributed by atoms with E-state index in [-0.39, 0.29) is 12.4 Å². The van der Waals surface area contributed by atoms with Gasteiger partial charge in [-0.1, -0.05) is 38.1 Å². The molecule has 5 heteroatoms. The molecule has 0 radical (unpaired) electrons. The van der Waals surface area contributed by atoms with Gasteiger partial charge in [0.05, 0.1) is 12.4 Å². The van der Waals surface area contributed by atoms with E-state index in [2.05, 4.69) is 13.8 Å². The third-order valence-corrected chi connectivity index (χ3v) is 5.86. The fraction of sp³-hybridized carbons (Fsp3) is 0.600. The van der Waals surface area contributed by atoms with Crippen LogP contribution in [0.15, 0.2) is 24.3 Å². The Morgan fingerprint density at radius 3 is 2.65 bits per heavy atom. The predicted molar refractivity (Wildman–Crippen MR) is 79.5 cm³/mol. The van der Waals surface area contributed by atoms with E-state index >= 15 is 0 Å². The van der Waals surface area contributed by atoms with Crippen molar-refractivity contribution in [1.82, 2.24) is 4.31 Å². The average molecular weight is 297 g/mol. The average Bonchev–Trinajstić information content (AvgIpc) is 2.89. The van der Waals surface area contributed by atoms with E-state index in [4.69, 9.17) is 5.11 Å². The van der Waals surface area contributed by atoms with Crippen LogP contribution >= 0.6 is 0 Å². The van der Waals surface area contributed by atoms with Crippen molar-refractivity contribution in [3.8, 4) is 0 Å². The Morgan fingerprint density at radius 2 is 2.05 bits per heavy atom. The molecular formula is C15H23NO3S. The lowest BCUT2D eigenvalue weighted by atomic mass is 9.96. The molecule has 0 aromatic heterocycles. The molecule has 1 aromatic carbocycles. The van der Waals surface area contributed by atoms with Crippen LogP contribution in [0.3, 0.4) is 0 Å². The number of nitrogens with zero attached hydrogens (tertiary/aromatic N) is 1. The van der Waals surface area contributed by atoms with Gasteiger partial charge in [-0.25, -0.2) is 12.7 Å². The first-order chi connectivity index (χ1) is 9.42. The minimum atomic E-state index is -3.25. The fourth-order valence-electron chi connectivity index (χ4n) is 2.67. The van der Waals surface area contributed by atoms with Crippen molar-refractivity contribution in [1.29, 1.82) is 0 Å². The molecule has 4 nitrogen and oxygen atoms in total. The number of benzene rings is 1. The van der Waals surface area contributed by atoms with E-state index < -0.39 is 10.0 Å². The molecule has 1 aromatic rings. The van der Waals surface area contributed by atoms with Gasteiger partial charge in [0.25, 0.3) is 0 Å². The minimum absolute atomic E-state index is 0.0195. The molecule has 1 N–H and O–H groups in total. The molecule has 1 atom stereocenters. The van der Waals surface area contributed by atoms with Crippen LogP contribution in [0, 0.1) is 11.8 Å². The van der Waals surface area contributed by atoms with Crippen molar-refractivity contribution in [2.75, 3.05) is 13.1 Å². The maximum absolute atomic E-state index is 12.4. The standard InChI is InChI=1S/C15H23NO3S/c1-12(2)15-6-7-16(9-15)20(18,19)11-14-5-3-4-13(8-14)10-17/h3-5,8,12,15,17H,6-7,9-11H2,1-2H3. The van der Waals surface area contributed by atoms with E-state index in [9.17, 15) is 8.42 Å². The van der Waals surface area contributed by atoms with Crippen LogP contribution in [0.5, 0.6) is 0 Å². The summed E-state index contributed by atoms with van der Waals surface area (Å²) < 4.78 is 26.5. The molecule has 1 fully saturated rings. The highest BCUT2D eigenvalue weighted by molar-refractivity contribution is 7.88. The molecule has 20 heavy (non-hydrogen) atoms. The highest BCUT2D eigenvalue weighted by atomic mass is 32.2. The Balaban J connectivity index is 2.08. The molecule has 0 saturated carbocycles. The third kappa shape index (κ3) is 3.59. The van der Waals surface area contributed by atoms with Gasteiger partial charge in [0.2, 0.25) is 10.0 Å². The first-order valence-electron chi connectivity index (χ1n) is 7.09. The van der Waals surface area contributed by atoms with Gasteiger partial charge in [-0.2, -0.15) is 0 Å². The highest BCUT2D eigenvalue weighted by Crippen LogP contribution is 2.27. The zero-order chi connectivity index (χ0) is 14.8. The highest BCUT2D eigenvalue weighted by Gasteiger charge is 2.32. The van der Waals surface area contributed by atoms with Gasteiger partial charge in [0.1, 0.15) is 0 Å². The van der Waals surface area contributed by atoms with Crippen molar-refractivity contribution in [3.63, 3.8) is 0 Å². The number of hydrogen-bond acceptors (Lipinski definition) is 3. The minimum Gasteiger partial charge on any atom is -0.392 e. The summed E-state index contributed by atoms with van der Waals surface area (Å²) in [6, 6.07) is 7.14. The molecule has 112 valence electrons. The van der Waals surface area contributed by atoms with Crippen LogP contribution in [-0.4, -0.2) is 30.9 Å². The van der Waals surface area contributed by atoms with Gasteiger partial charge in [-0.15, -0.1) is 0 Å². The summed E-state index contributed by atoms with van der Waals surface area (Å²) in [5.74, 6) is 1.01. The molecule has 0 aliphatic carbocycles. The zero-order valence-corrected chi connectivity index (χ0v) is 12.9. The first-order valence-corrected chi connectivity index (χ1v) is 8.70. The second kappa shape index (κ2) is 6.24. The SMILES string of the molecule is CC(C)C1CCN(S(=O)(=O)Cc2cccc(CO)c2)C1. The van der Waals surface area contributed by atoms with Crippen molar-refractivity contribution in [2.24, 2.45) is 11.8 Å². The van der Waals surface area contributed by atoms with Gasteiger partial charge < -0.3 is 5.11 Å². The zero-order valence-electron chi connectivity index (χ0n) is 12.1. The Bertz CT molecular complexity index is 554. The van der Waals surface area contributed by atoms with E-state index in [0.717, 1.165) is 17.5 Å². The summed E-state index contributed by atoms with van der Waals surface area (Å²) >= 11 is 0. The van der Waals surface area contributed by atoms with Crippen LogP contribution in [0.4, 0.5) is 0 Å². The molecule has 0 amide bonds. The quantitative estimate of drug-likeness (QED) is 0.904. The number of sulfonamides is 1. The molecule has 2 rings (SSSR count). The van der Waals surface area contributed by atoms with Gasteiger partial charge >= 0.3 is 0 Å². The lowest BCUT2D eigenvalue weighted by Gasteiger charge is -2.18. The van der Waals surface area contributed by atoms with Crippen molar-refractivity contribution >= 4 is 10.0 Å². The van der Waals surface area contributed by atoms with Crippen molar-refractivity contribution in [2.45, 2.75) is 32.6 Å². The number of rotatable bonds is 5. The molecule has 0 spiro atoms. The monoisotopic (exact) mass is 297 g/mol. The summed E-state index contributed by atoms with van der Waals surface area (Å²) in [6.45, 7) is 5.49. The van der Waals surface area contributed by atoms with Gasteiger partial charge in [0.15, 0.2) is 0 Å². The summed E-state index contributed by atoms with van der Waals surface area (Å²) in [7, 11) is -3.25. The van der Waals surface area contributed by atoms with Gasteiger partial charge in [-0.05, 0) is 29.4 Å². The van der Waals surface area contributed by atoms with Crippen LogP contribution in [0.2, 0.25) is 0 Å². The van der Waals surface area contributed by atoms with E-state index in [1.807, 2.05) is 0 Å². The molecular weight excluding hydrogens is 274 g/mol. The van der Waals surface area contributed by atoms with Crippen LogP contribution in [0.1, 0.15) is 31.4 Å². The normalized spacial score (nSPS) is 20.7. The number of hydrogen-bond donors (Lipinski definition) is 1. The van der Waals surface area contributed by atoms with E-state index in [0.29, 0.717) is 24.9 Å². The van der Waals surface area contributed by atoms with Crippen molar-refractivity contribution in [3.05, 3.63) is 35.4 Å². The third-order valence-electron chi connectivity index (χ3n) is 4.05. The summed E-state index contributed by atoms with van der Waals surface area (Å²) in [6.07, 6.45) is 0.952. The summed E-state index contributed by atoms with van der Waals surface area (Å²) in [5, 5.41) is 9.11. The Morgan fingerprint density at radius 1 is 1.35 bits per heavy atom. The Hall–Kier alpha value is -0.910. The van der Waals surface area contributed by atoms with Gasteiger partial charge in [-0.3, -0.25) is 0 Å². The fourth-order valence-corrected chi connectivity index (χ4v) is 4.26. The molecule has 1 aliphatic rings. The molecule has 1 heterocycles. The van der Waals surface area contributed by atoms with Crippen LogP contribution < -0.4 is 0 Å². The second-order valence-corrected chi connectivity index (χ2v) is 7.85. The first kappa shape index (κ1) is 15.5. The number of aliphatic hydroxyl groups is 1. The van der Waals surface area contributed by atoms with E-state index in [1.165, 1.54) is 0 Å². The second-order valence-electron chi connectivity index (χ2n) is 5.89. The maximum Gasteiger partial charge on any atom is 0.218 e. The largest absolute Gasteiger partial charge is 0.392 e. The lowest BCUT2D eigenvalue weighted by molar-refractivity contribution is 0.281. The van der Waals surface area contributed by atoms with Gasteiger partial charge in [0, 0.05) is 13.1 Å². The Kier molecular flexibility index (Phi) is 4.83. The van der Waals surface area contributed by atoms with E-state index in [1.54, 1.807) is 28.6 Å².